The van der Waals surface area contributed by atoms with Gasteiger partial charge in [-0.15, -0.1) is 0 Å². The SMILES string of the molecule is COc1ccccc1C(=O)NC(=S)Nc1ccc(CCC(=O)N(C)C)cc1. The normalized spacial score (nSPS) is 10.0. The van der Waals surface area contributed by atoms with Crippen LogP contribution in [0.25, 0.3) is 0 Å². The van der Waals surface area contributed by atoms with Crippen LogP contribution in [0, 0.1) is 0 Å². The molecule has 0 fully saturated rings. The molecule has 27 heavy (non-hydrogen) atoms. The van der Waals surface area contributed by atoms with Gasteiger partial charge in [-0.2, -0.15) is 0 Å². The summed E-state index contributed by atoms with van der Waals surface area (Å²) >= 11 is 5.20. The second-order valence-electron chi connectivity index (χ2n) is 6.09. The van der Waals surface area contributed by atoms with Gasteiger partial charge in [-0.25, -0.2) is 0 Å². The number of anilines is 1. The molecule has 2 rings (SSSR count). The highest BCUT2D eigenvalue weighted by Crippen LogP contribution is 2.17. The van der Waals surface area contributed by atoms with Gasteiger partial charge in [-0.3, -0.25) is 14.9 Å². The highest BCUT2D eigenvalue weighted by molar-refractivity contribution is 7.80. The summed E-state index contributed by atoms with van der Waals surface area (Å²) in [6.45, 7) is 0. The molecular formula is C20H23N3O3S. The summed E-state index contributed by atoms with van der Waals surface area (Å²) in [7, 11) is 5.00. The molecule has 0 radical (unpaired) electrons. The van der Waals surface area contributed by atoms with Gasteiger partial charge >= 0.3 is 0 Å². The number of hydrogen-bond acceptors (Lipinski definition) is 4. The molecule has 2 amide bonds. The van der Waals surface area contributed by atoms with Crippen molar-refractivity contribution in [1.29, 1.82) is 0 Å². The predicted molar refractivity (Wildman–Crippen MR) is 110 cm³/mol. The number of nitrogens with zero attached hydrogens (tertiary/aromatic N) is 1. The number of carbonyl (C=O) groups excluding carboxylic acids is 2. The van der Waals surface area contributed by atoms with Gasteiger partial charge in [0.1, 0.15) is 5.75 Å². The minimum absolute atomic E-state index is 0.0948. The van der Waals surface area contributed by atoms with Gasteiger partial charge < -0.3 is 15.0 Å². The topological polar surface area (TPSA) is 70.7 Å². The fraction of sp³-hybridized carbons (Fsp3) is 0.250. The number of ether oxygens (including phenoxy) is 1. The number of para-hydroxylation sites is 1. The van der Waals surface area contributed by atoms with Crippen LogP contribution in [0.3, 0.4) is 0 Å². The predicted octanol–water partition coefficient (Wildman–Crippen LogP) is 2.84. The minimum Gasteiger partial charge on any atom is -0.496 e. The second kappa shape index (κ2) is 9.68. The Balaban J connectivity index is 1.90. The highest BCUT2D eigenvalue weighted by Gasteiger charge is 2.13. The van der Waals surface area contributed by atoms with Crippen LogP contribution in [0.4, 0.5) is 5.69 Å². The zero-order valence-corrected chi connectivity index (χ0v) is 16.4. The van der Waals surface area contributed by atoms with Gasteiger partial charge in [-0.1, -0.05) is 24.3 Å². The molecular weight excluding hydrogens is 362 g/mol. The largest absolute Gasteiger partial charge is 0.496 e. The Morgan fingerprint density at radius 2 is 1.74 bits per heavy atom. The van der Waals surface area contributed by atoms with E-state index in [9.17, 15) is 9.59 Å². The van der Waals surface area contributed by atoms with E-state index in [0.717, 1.165) is 11.3 Å². The van der Waals surface area contributed by atoms with Crippen molar-refractivity contribution in [2.75, 3.05) is 26.5 Å². The zero-order chi connectivity index (χ0) is 19.8. The molecule has 0 saturated carbocycles. The maximum Gasteiger partial charge on any atom is 0.261 e. The van der Waals surface area contributed by atoms with Crippen molar-refractivity contribution in [3.8, 4) is 5.75 Å². The smallest absolute Gasteiger partial charge is 0.261 e. The average molecular weight is 385 g/mol. The van der Waals surface area contributed by atoms with Crippen LogP contribution >= 0.6 is 12.2 Å². The Kier molecular flexibility index (Phi) is 7.31. The second-order valence-corrected chi connectivity index (χ2v) is 6.50. The molecule has 0 aromatic heterocycles. The number of nitrogens with one attached hydrogen (secondary N) is 2. The molecule has 0 bridgehead atoms. The minimum atomic E-state index is -0.344. The van der Waals surface area contributed by atoms with E-state index in [1.165, 1.54) is 7.11 Å². The van der Waals surface area contributed by atoms with E-state index in [1.54, 1.807) is 43.3 Å². The molecule has 6 nitrogen and oxygen atoms in total. The number of benzene rings is 2. The van der Waals surface area contributed by atoms with Crippen molar-refractivity contribution in [3.63, 3.8) is 0 Å². The Morgan fingerprint density at radius 3 is 2.37 bits per heavy atom. The molecule has 142 valence electrons. The van der Waals surface area contributed by atoms with Crippen molar-refractivity contribution in [1.82, 2.24) is 10.2 Å². The van der Waals surface area contributed by atoms with Gasteiger partial charge in [-0.05, 0) is 48.5 Å². The Labute approximate surface area is 164 Å². The number of hydrogen-bond donors (Lipinski definition) is 2. The van der Waals surface area contributed by atoms with E-state index in [2.05, 4.69) is 10.6 Å². The summed E-state index contributed by atoms with van der Waals surface area (Å²) in [5, 5.41) is 5.81. The van der Waals surface area contributed by atoms with Crippen LogP contribution in [0.2, 0.25) is 0 Å². The third kappa shape index (κ3) is 6.07. The maximum absolute atomic E-state index is 12.3. The van der Waals surface area contributed by atoms with Crippen molar-refractivity contribution < 1.29 is 14.3 Å². The van der Waals surface area contributed by atoms with Crippen molar-refractivity contribution in [2.45, 2.75) is 12.8 Å². The van der Waals surface area contributed by atoms with E-state index >= 15 is 0 Å². The van der Waals surface area contributed by atoms with Gasteiger partial charge in [0.2, 0.25) is 5.91 Å². The van der Waals surface area contributed by atoms with Crippen molar-refractivity contribution in [3.05, 3.63) is 59.7 Å². The van der Waals surface area contributed by atoms with E-state index in [4.69, 9.17) is 17.0 Å². The summed E-state index contributed by atoms with van der Waals surface area (Å²) < 4.78 is 5.18. The number of aryl methyl sites for hydroxylation is 1. The third-order valence-electron chi connectivity index (χ3n) is 3.92. The van der Waals surface area contributed by atoms with E-state index in [0.29, 0.717) is 24.2 Å². The Bertz CT molecular complexity index is 819. The molecule has 0 unspecified atom stereocenters. The monoisotopic (exact) mass is 385 g/mol. The standard InChI is InChI=1S/C20H23N3O3S/c1-23(2)18(24)13-10-14-8-11-15(12-9-14)21-20(27)22-19(25)16-6-4-5-7-17(16)26-3/h4-9,11-12H,10,13H2,1-3H3,(H2,21,22,25,27). The summed E-state index contributed by atoms with van der Waals surface area (Å²) in [6.07, 6.45) is 1.14. The molecule has 0 heterocycles. The molecule has 2 aromatic rings. The lowest BCUT2D eigenvalue weighted by Crippen LogP contribution is -2.34. The molecule has 0 saturated heterocycles. The van der Waals surface area contributed by atoms with Gasteiger partial charge in [0.25, 0.3) is 5.91 Å². The van der Waals surface area contributed by atoms with Crippen molar-refractivity contribution in [2.24, 2.45) is 0 Å². The quantitative estimate of drug-likeness (QED) is 0.749. The lowest BCUT2D eigenvalue weighted by molar-refractivity contribution is -0.128. The molecule has 2 aromatic carbocycles. The molecule has 0 aliphatic rings. The van der Waals surface area contributed by atoms with Crippen LogP contribution < -0.4 is 15.4 Å². The number of thiocarbonyl (C=S) groups is 1. The van der Waals surface area contributed by atoms with Crippen LogP contribution in [0.5, 0.6) is 5.75 Å². The third-order valence-corrected chi connectivity index (χ3v) is 4.12. The summed E-state index contributed by atoms with van der Waals surface area (Å²) in [5.41, 5.74) is 2.22. The van der Waals surface area contributed by atoms with Gasteiger partial charge in [0.15, 0.2) is 5.11 Å². The number of carbonyl (C=O) groups is 2. The lowest BCUT2D eigenvalue weighted by atomic mass is 10.1. The molecule has 0 aliphatic carbocycles. The van der Waals surface area contributed by atoms with Crippen LogP contribution in [0.1, 0.15) is 22.3 Å². The fourth-order valence-electron chi connectivity index (χ4n) is 2.39. The number of methoxy groups -OCH3 is 1. The van der Waals surface area contributed by atoms with Crippen LogP contribution in [-0.2, 0) is 11.2 Å². The first-order valence-electron chi connectivity index (χ1n) is 8.45. The molecule has 0 atom stereocenters. The van der Waals surface area contributed by atoms with E-state index < -0.39 is 0 Å². The fourth-order valence-corrected chi connectivity index (χ4v) is 2.61. The molecule has 0 aliphatic heterocycles. The number of rotatable bonds is 6. The van der Waals surface area contributed by atoms with Crippen LogP contribution in [-0.4, -0.2) is 43.0 Å². The Morgan fingerprint density at radius 1 is 1.07 bits per heavy atom. The summed E-state index contributed by atoms with van der Waals surface area (Å²) in [4.78, 5) is 25.6. The molecule has 0 spiro atoms. The first kappa shape index (κ1) is 20.4. The maximum atomic E-state index is 12.3. The lowest BCUT2D eigenvalue weighted by Gasteiger charge is -2.12. The Hall–Kier alpha value is -2.93. The average Bonchev–Trinajstić information content (AvgIpc) is 2.66. The van der Waals surface area contributed by atoms with Crippen molar-refractivity contribution >= 4 is 34.8 Å². The molecule has 2 N–H and O–H groups in total. The van der Waals surface area contributed by atoms with Gasteiger partial charge in [0.05, 0.1) is 12.7 Å². The van der Waals surface area contributed by atoms with E-state index in [-0.39, 0.29) is 16.9 Å². The first-order chi connectivity index (χ1) is 12.9. The zero-order valence-electron chi connectivity index (χ0n) is 15.6. The van der Waals surface area contributed by atoms with E-state index in [1.807, 2.05) is 24.3 Å². The summed E-state index contributed by atoms with van der Waals surface area (Å²) in [5.74, 6) is 0.232. The summed E-state index contributed by atoms with van der Waals surface area (Å²) in [6, 6.07) is 14.5. The first-order valence-corrected chi connectivity index (χ1v) is 8.86. The van der Waals surface area contributed by atoms with Crippen LogP contribution in [0.15, 0.2) is 48.5 Å². The van der Waals surface area contributed by atoms with Gasteiger partial charge in [0, 0.05) is 26.2 Å². The number of amides is 2. The highest BCUT2D eigenvalue weighted by atomic mass is 32.1. The molecule has 7 heteroatoms.